The standard InChI is InChI=1S/C31H29ClN6O3/c1-17-28(18(2)41-37-17)23-15-25-22(16-26(23)39-3)29-30(20-6-8-33-24-5-4-19(32)14-21(20)24)35-27(36-31(29)34-25)7-9-38-10-12-40-13-11-38/h4-6,8,14-16H,7,9-13H2,1-3H3,(H,34,35,36). The Hall–Kier alpha value is -4.05. The number of methoxy groups -OCH3 is 1. The maximum absolute atomic E-state index is 6.46. The van der Waals surface area contributed by atoms with E-state index in [9.17, 15) is 0 Å². The van der Waals surface area contributed by atoms with Gasteiger partial charge in [-0.15, -0.1) is 0 Å². The predicted molar refractivity (Wildman–Crippen MR) is 160 cm³/mol. The van der Waals surface area contributed by atoms with Crippen LogP contribution >= 0.6 is 11.6 Å². The number of pyridine rings is 1. The summed E-state index contributed by atoms with van der Waals surface area (Å²) in [6.07, 6.45) is 2.54. The van der Waals surface area contributed by atoms with Crippen molar-refractivity contribution < 1.29 is 14.0 Å². The van der Waals surface area contributed by atoms with Gasteiger partial charge in [0.1, 0.15) is 23.0 Å². The molecular weight excluding hydrogens is 540 g/mol. The number of halogens is 1. The van der Waals surface area contributed by atoms with Crippen LogP contribution in [0, 0.1) is 13.8 Å². The Morgan fingerprint density at radius 2 is 1.88 bits per heavy atom. The van der Waals surface area contributed by atoms with Crippen LogP contribution in [0.2, 0.25) is 5.02 Å². The smallest absolute Gasteiger partial charge is 0.142 e. The average Bonchev–Trinajstić information content (AvgIpc) is 3.52. The third-order valence-corrected chi connectivity index (χ3v) is 8.07. The van der Waals surface area contributed by atoms with Gasteiger partial charge in [0.2, 0.25) is 0 Å². The van der Waals surface area contributed by atoms with Gasteiger partial charge in [-0.05, 0) is 50.2 Å². The van der Waals surface area contributed by atoms with Gasteiger partial charge in [0.05, 0.1) is 48.2 Å². The van der Waals surface area contributed by atoms with Gasteiger partial charge < -0.3 is 19.0 Å². The number of fused-ring (bicyclic) bond motifs is 4. The molecule has 0 aliphatic carbocycles. The van der Waals surface area contributed by atoms with Gasteiger partial charge >= 0.3 is 0 Å². The molecule has 6 aromatic rings. The van der Waals surface area contributed by atoms with Gasteiger partial charge in [-0.25, -0.2) is 9.97 Å². The molecule has 0 bridgehead atoms. The molecule has 1 saturated heterocycles. The third kappa shape index (κ3) is 4.60. The topological polar surface area (TPSA) is 102 Å². The first kappa shape index (κ1) is 25.9. The van der Waals surface area contributed by atoms with Crippen LogP contribution in [0.1, 0.15) is 17.3 Å². The van der Waals surface area contributed by atoms with E-state index in [1.807, 2.05) is 50.4 Å². The van der Waals surface area contributed by atoms with Crippen molar-refractivity contribution in [2.75, 3.05) is 40.0 Å². The van der Waals surface area contributed by atoms with E-state index in [1.54, 1.807) is 7.11 Å². The van der Waals surface area contributed by atoms with Gasteiger partial charge in [-0.3, -0.25) is 9.88 Å². The normalized spacial score (nSPS) is 14.4. The first-order chi connectivity index (χ1) is 20.0. The maximum atomic E-state index is 6.46. The Balaban J connectivity index is 1.47. The molecule has 0 atom stereocenters. The highest BCUT2D eigenvalue weighted by Crippen LogP contribution is 2.42. The molecule has 0 spiro atoms. The number of aromatic amines is 1. The van der Waals surface area contributed by atoms with E-state index < -0.39 is 0 Å². The summed E-state index contributed by atoms with van der Waals surface area (Å²) in [7, 11) is 1.68. The number of nitrogens with one attached hydrogen (secondary N) is 1. The fourth-order valence-corrected chi connectivity index (χ4v) is 5.99. The molecule has 208 valence electrons. The third-order valence-electron chi connectivity index (χ3n) is 7.83. The molecule has 41 heavy (non-hydrogen) atoms. The number of hydrogen-bond acceptors (Lipinski definition) is 8. The van der Waals surface area contributed by atoms with E-state index >= 15 is 0 Å². The van der Waals surface area contributed by atoms with Crippen molar-refractivity contribution in [1.29, 1.82) is 0 Å². The van der Waals surface area contributed by atoms with Crippen molar-refractivity contribution in [2.24, 2.45) is 0 Å². The number of aryl methyl sites for hydroxylation is 2. The SMILES string of the molecule is COc1cc2c(cc1-c1c(C)noc1C)[nH]c1nc(CCN3CCOCC3)nc(-c3ccnc4ccc(Cl)cc34)c12. The van der Waals surface area contributed by atoms with Crippen LogP contribution in [0.3, 0.4) is 0 Å². The zero-order valence-electron chi connectivity index (χ0n) is 23.1. The molecule has 1 fully saturated rings. The second kappa shape index (κ2) is 10.4. The van der Waals surface area contributed by atoms with Crippen LogP contribution < -0.4 is 4.74 Å². The van der Waals surface area contributed by atoms with Crippen molar-refractivity contribution >= 4 is 44.4 Å². The second-order valence-electron chi connectivity index (χ2n) is 10.4. The van der Waals surface area contributed by atoms with Gasteiger partial charge in [-0.1, -0.05) is 16.8 Å². The van der Waals surface area contributed by atoms with Crippen LogP contribution in [0.5, 0.6) is 5.75 Å². The van der Waals surface area contributed by atoms with Crippen LogP contribution in [-0.4, -0.2) is 70.0 Å². The summed E-state index contributed by atoms with van der Waals surface area (Å²) in [5.74, 6) is 2.23. The molecule has 7 rings (SSSR count). The fourth-order valence-electron chi connectivity index (χ4n) is 5.82. The number of nitrogens with zero attached hydrogens (tertiary/aromatic N) is 5. The Morgan fingerprint density at radius 1 is 1.02 bits per heavy atom. The largest absolute Gasteiger partial charge is 0.496 e. The number of aromatic nitrogens is 5. The molecule has 2 aromatic carbocycles. The van der Waals surface area contributed by atoms with Crippen molar-refractivity contribution in [3.63, 3.8) is 0 Å². The molecule has 1 aliphatic rings. The molecule has 0 amide bonds. The van der Waals surface area contributed by atoms with E-state index in [-0.39, 0.29) is 0 Å². The van der Waals surface area contributed by atoms with E-state index in [0.717, 1.165) is 118 Å². The second-order valence-corrected chi connectivity index (χ2v) is 10.8. The van der Waals surface area contributed by atoms with Crippen molar-refractivity contribution in [3.05, 3.63) is 64.9 Å². The summed E-state index contributed by atoms with van der Waals surface area (Å²) >= 11 is 6.46. The molecule has 4 aromatic heterocycles. The summed E-state index contributed by atoms with van der Waals surface area (Å²) in [6.45, 7) is 8.05. The first-order valence-electron chi connectivity index (χ1n) is 13.7. The number of H-pyrrole nitrogens is 1. The first-order valence-corrected chi connectivity index (χ1v) is 14.1. The van der Waals surface area contributed by atoms with Crippen molar-refractivity contribution in [2.45, 2.75) is 20.3 Å². The van der Waals surface area contributed by atoms with Gasteiger partial charge in [0.15, 0.2) is 0 Å². The summed E-state index contributed by atoms with van der Waals surface area (Å²) < 4.78 is 16.9. The maximum Gasteiger partial charge on any atom is 0.142 e. The molecule has 0 unspecified atom stereocenters. The lowest BCUT2D eigenvalue weighted by atomic mass is 9.99. The quantitative estimate of drug-likeness (QED) is 0.256. The number of rotatable bonds is 6. The van der Waals surface area contributed by atoms with Crippen molar-refractivity contribution in [1.82, 2.24) is 30.0 Å². The highest BCUT2D eigenvalue weighted by Gasteiger charge is 2.22. The monoisotopic (exact) mass is 568 g/mol. The van der Waals surface area contributed by atoms with E-state index in [2.05, 4.69) is 26.1 Å². The molecule has 1 aliphatic heterocycles. The van der Waals surface area contributed by atoms with Gasteiger partial charge in [-0.2, -0.15) is 0 Å². The number of morpholine rings is 1. The van der Waals surface area contributed by atoms with Crippen molar-refractivity contribution in [3.8, 4) is 28.1 Å². The van der Waals surface area contributed by atoms with Crippen LogP contribution in [0.25, 0.3) is 55.2 Å². The zero-order valence-corrected chi connectivity index (χ0v) is 23.9. The lowest BCUT2D eigenvalue weighted by molar-refractivity contribution is 0.0382. The van der Waals surface area contributed by atoms with Crippen LogP contribution in [0.15, 0.2) is 47.1 Å². The minimum absolute atomic E-state index is 0.647. The molecule has 0 saturated carbocycles. The number of ether oxygens (including phenoxy) is 2. The molecule has 5 heterocycles. The number of hydrogen-bond donors (Lipinski definition) is 1. The molecular formula is C31H29ClN6O3. The highest BCUT2D eigenvalue weighted by molar-refractivity contribution is 6.31. The zero-order chi connectivity index (χ0) is 28.1. The molecule has 1 N–H and O–H groups in total. The lowest BCUT2D eigenvalue weighted by Gasteiger charge is -2.26. The van der Waals surface area contributed by atoms with E-state index in [4.69, 9.17) is 35.6 Å². The molecule has 0 radical (unpaired) electrons. The molecule has 9 nitrogen and oxygen atoms in total. The summed E-state index contributed by atoms with van der Waals surface area (Å²) in [5, 5.41) is 7.63. The Labute approximate surface area is 241 Å². The molecule has 10 heteroatoms. The highest BCUT2D eigenvalue weighted by atomic mass is 35.5. The van der Waals surface area contributed by atoms with E-state index in [0.29, 0.717) is 5.02 Å². The Morgan fingerprint density at radius 3 is 2.66 bits per heavy atom. The summed E-state index contributed by atoms with van der Waals surface area (Å²) in [5.41, 5.74) is 6.97. The summed E-state index contributed by atoms with van der Waals surface area (Å²) in [6, 6.07) is 11.9. The van der Waals surface area contributed by atoms with Gasteiger partial charge in [0.25, 0.3) is 0 Å². The fraction of sp³-hybridized carbons (Fsp3) is 0.290. The Kier molecular flexibility index (Phi) is 6.57. The lowest BCUT2D eigenvalue weighted by Crippen LogP contribution is -2.37. The minimum Gasteiger partial charge on any atom is -0.496 e. The minimum atomic E-state index is 0.647. The van der Waals surface area contributed by atoms with E-state index in [1.165, 1.54) is 0 Å². The number of benzene rings is 2. The summed E-state index contributed by atoms with van der Waals surface area (Å²) in [4.78, 5) is 20.8. The average molecular weight is 569 g/mol. The van der Waals surface area contributed by atoms with Gasteiger partial charge in [0, 0.05) is 64.7 Å². The predicted octanol–water partition coefficient (Wildman–Crippen LogP) is 6.13. The van der Waals surface area contributed by atoms with Crippen LogP contribution in [0.4, 0.5) is 0 Å². The van der Waals surface area contributed by atoms with Crippen LogP contribution in [-0.2, 0) is 11.2 Å². The Bertz CT molecular complexity index is 1910.